The zero-order valence-corrected chi connectivity index (χ0v) is 15.2. The largest absolute Gasteiger partial charge is 0.508 e. The van der Waals surface area contributed by atoms with Crippen LogP contribution in [-0.4, -0.2) is 11.1 Å². The Bertz CT molecular complexity index is 1060. The van der Waals surface area contributed by atoms with Crippen molar-refractivity contribution in [3.8, 4) is 22.6 Å². The second-order valence-electron chi connectivity index (χ2n) is 6.14. The van der Waals surface area contributed by atoms with Crippen molar-refractivity contribution in [1.29, 1.82) is 0 Å². The van der Waals surface area contributed by atoms with Crippen LogP contribution in [0.3, 0.4) is 0 Å². The molecule has 0 saturated heterocycles. The van der Waals surface area contributed by atoms with E-state index in [1.165, 1.54) is 30.3 Å². The molecule has 0 radical (unpaired) electrons. The fourth-order valence-corrected chi connectivity index (χ4v) is 2.66. The minimum atomic E-state index is -1.09. The average Bonchev–Trinajstić information content (AvgIpc) is 2.66. The van der Waals surface area contributed by atoms with Crippen molar-refractivity contribution in [3.63, 3.8) is 0 Å². The minimum Gasteiger partial charge on any atom is -0.508 e. The van der Waals surface area contributed by atoms with Crippen molar-refractivity contribution in [1.82, 2.24) is 0 Å². The molecule has 150 valence electrons. The normalized spacial score (nSPS) is 10.5. The highest BCUT2D eigenvalue weighted by Crippen LogP contribution is 2.30. The maximum Gasteiger partial charge on any atom is 0.352 e. The van der Waals surface area contributed by atoms with Crippen molar-refractivity contribution in [2.24, 2.45) is 0 Å². The van der Waals surface area contributed by atoms with Gasteiger partial charge < -0.3 is 10.4 Å². The van der Waals surface area contributed by atoms with Gasteiger partial charge in [0.2, 0.25) is 5.75 Å². The van der Waals surface area contributed by atoms with Crippen molar-refractivity contribution in [2.45, 2.75) is 13.5 Å². The van der Waals surface area contributed by atoms with Gasteiger partial charge in [-0.05, 0) is 59.2 Å². The van der Waals surface area contributed by atoms with Gasteiger partial charge in [-0.15, -0.1) is 0 Å². The Hall–Kier alpha value is -3.68. The van der Waals surface area contributed by atoms with E-state index < -0.39 is 34.9 Å². The van der Waals surface area contributed by atoms with E-state index in [4.69, 9.17) is 0 Å². The first kappa shape index (κ1) is 20.1. The summed E-state index contributed by atoms with van der Waals surface area (Å²) in [6, 6.07) is 12.2. The van der Waals surface area contributed by atoms with Gasteiger partial charge in [-0.2, -0.15) is 0 Å². The lowest BCUT2D eigenvalue weighted by molar-refractivity contribution is -0.211. The second-order valence-corrected chi connectivity index (χ2v) is 6.14. The van der Waals surface area contributed by atoms with Gasteiger partial charge in [-0.1, -0.05) is 12.1 Å². The van der Waals surface area contributed by atoms with Gasteiger partial charge >= 0.3 is 5.97 Å². The van der Waals surface area contributed by atoms with Crippen molar-refractivity contribution in [3.05, 3.63) is 77.6 Å². The highest BCUT2D eigenvalue weighted by molar-refractivity contribution is 5.66. The Balaban J connectivity index is 1.83. The molecule has 3 rings (SSSR count). The number of benzene rings is 3. The highest BCUT2D eigenvalue weighted by atomic mass is 19.1. The fourth-order valence-electron chi connectivity index (χ4n) is 2.66. The summed E-state index contributed by atoms with van der Waals surface area (Å²) in [5, 5.41) is 12.5. The van der Waals surface area contributed by atoms with E-state index in [0.717, 1.165) is 19.1 Å². The molecular formula is C21H16F3NO4. The Kier molecular flexibility index (Phi) is 5.92. The summed E-state index contributed by atoms with van der Waals surface area (Å²) in [7, 11) is 0. The molecule has 0 unspecified atom stereocenters. The maximum absolute atomic E-state index is 14.4. The molecule has 0 spiro atoms. The van der Waals surface area contributed by atoms with Gasteiger partial charge in [0.15, 0.2) is 5.82 Å². The molecule has 8 heteroatoms. The molecule has 0 amide bonds. The summed E-state index contributed by atoms with van der Waals surface area (Å²) in [5.74, 6) is -3.76. The van der Waals surface area contributed by atoms with Crippen LogP contribution in [0.5, 0.6) is 11.5 Å². The van der Waals surface area contributed by atoms with Gasteiger partial charge in [0.25, 0.3) is 0 Å². The molecule has 2 N–H and O–H groups in total. The van der Waals surface area contributed by atoms with Crippen molar-refractivity contribution >= 4 is 11.7 Å². The number of phenols is 1. The van der Waals surface area contributed by atoms with Crippen LogP contribution in [0, 0.1) is 17.5 Å². The number of halogens is 3. The number of rotatable bonds is 6. The molecule has 3 aromatic carbocycles. The fraction of sp³-hybridized carbons (Fsp3) is 0.0952. The van der Waals surface area contributed by atoms with Crippen molar-refractivity contribution < 1.29 is 32.8 Å². The monoisotopic (exact) mass is 403 g/mol. The van der Waals surface area contributed by atoms with E-state index >= 15 is 0 Å². The molecule has 0 aliphatic carbocycles. The number of hydrogen-bond acceptors (Lipinski definition) is 5. The van der Waals surface area contributed by atoms with Crippen LogP contribution < -0.4 is 10.2 Å². The van der Waals surface area contributed by atoms with Gasteiger partial charge in [0.05, 0.1) is 0 Å². The Morgan fingerprint density at radius 2 is 1.83 bits per heavy atom. The zero-order chi connectivity index (χ0) is 21.0. The first-order valence-electron chi connectivity index (χ1n) is 8.49. The van der Waals surface area contributed by atoms with Crippen LogP contribution >= 0.6 is 0 Å². The van der Waals surface area contributed by atoms with E-state index in [1.54, 1.807) is 12.1 Å². The molecule has 0 atom stereocenters. The zero-order valence-electron chi connectivity index (χ0n) is 15.2. The summed E-state index contributed by atoms with van der Waals surface area (Å²) in [5.41, 5.74) is 1.07. The molecule has 0 bridgehead atoms. The molecule has 0 saturated carbocycles. The van der Waals surface area contributed by atoms with Gasteiger partial charge in [-0.25, -0.2) is 18.0 Å². The Labute approximate surface area is 164 Å². The number of anilines is 1. The highest BCUT2D eigenvalue weighted by Gasteiger charge is 2.17. The molecule has 3 aromatic rings. The topological polar surface area (TPSA) is 67.8 Å². The first-order valence-corrected chi connectivity index (χ1v) is 8.49. The van der Waals surface area contributed by atoms with Gasteiger partial charge in [0, 0.05) is 13.5 Å². The third kappa shape index (κ3) is 4.98. The molecular weight excluding hydrogens is 387 g/mol. The molecule has 0 aliphatic heterocycles. The van der Waals surface area contributed by atoms with E-state index in [2.05, 4.69) is 15.1 Å². The quantitative estimate of drug-likeness (QED) is 0.451. The molecule has 0 fully saturated rings. The maximum atomic E-state index is 14.4. The van der Waals surface area contributed by atoms with Crippen LogP contribution in [0.15, 0.2) is 54.6 Å². The average molecular weight is 403 g/mol. The standard InChI is InChI=1S/C21H16F3NO4/c1-12(26)28-29-19-6-5-18(23)21(20(19)24)25-11-13-7-15(10-17(27)8-13)14-3-2-4-16(22)9-14/h2-10,25,27H,11H2,1H3. The SMILES string of the molecule is CC(=O)OOc1ccc(F)c(NCc2cc(O)cc(-c3cccc(F)c3)c2)c1F. The van der Waals surface area contributed by atoms with Gasteiger partial charge in [-0.3, -0.25) is 9.78 Å². The lowest BCUT2D eigenvalue weighted by atomic mass is 10.0. The molecule has 0 aromatic heterocycles. The Morgan fingerprint density at radius 3 is 2.55 bits per heavy atom. The number of nitrogens with one attached hydrogen (secondary N) is 1. The lowest BCUT2D eigenvalue weighted by Crippen LogP contribution is -2.08. The van der Waals surface area contributed by atoms with Crippen LogP contribution in [-0.2, 0) is 16.2 Å². The first-order chi connectivity index (χ1) is 13.8. The minimum absolute atomic E-state index is 0.0540. The van der Waals surface area contributed by atoms with E-state index in [9.17, 15) is 23.1 Å². The lowest BCUT2D eigenvalue weighted by Gasteiger charge is -2.13. The summed E-state index contributed by atoms with van der Waals surface area (Å²) in [6.07, 6.45) is 0. The summed E-state index contributed by atoms with van der Waals surface area (Å²) < 4.78 is 41.9. The molecule has 29 heavy (non-hydrogen) atoms. The van der Waals surface area contributed by atoms with Crippen LogP contribution in [0.2, 0.25) is 0 Å². The number of hydrogen-bond donors (Lipinski definition) is 2. The predicted molar refractivity (Wildman–Crippen MR) is 99.6 cm³/mol. The number of carbonyl (C=O) groups is 1. The summed E-state index contributed by atoms with van der Waals surface area (Å²) in [6.45, 7) is 1.01. The molecule has 0 aliphatic rings. The second kappa shape index (κ2) is 8.55. The summed E-state index contributed by atoms with van der Waals surface area (Å²) in [4.78, 5) is 19.6. The van der Waals surface area contributed by atoms with E-state index in [-0.39, 0.29) is 12.3 Å². The smallest absolute Gasteiger partial charge is 0.352 e. The predicted octanol–water partition coefficient (Wildman–Crippen LogP) is 4.95. The Morgan fingerprint density at radius 1 is 1.03 bits per heavy atom. The van der Waals surface area contributed by atoms with Crippen molar-refractivity contribution in [2.75, 3.05) is 5.32 Å². The van der Waals surface area contributed by atoms with Gasteiger partial charge in [0.1, 0.15) is 23.1 Å². The summed E-state index contributed by atoms with van der Waals surface area (Å²) >= 11 is 0. The van der Waals surface area contributed by atoms with Crippen LogP contribution in [0.25, 0.3) is 11.1 Å². The third-order valence-corrected chi connectivity index (χ3v) is 3.91. The molecule has 0 heterocycles. The van der Waals surface area contributed by atoms with Crippen LogP contribution in [0.1, 0.15) is 12.5 Å². The number of aromatic hydroxyl groups is 1. The van der Waals surface area contributed by atoms with E-state index in [1.807, 2.05) is 0 Å². The van der Waals surface area contributed by atoms with E-state index in [0.29, 0.717) is 16.7 Å². The van der Waals surface area contributed by atoms with Crippen LogP contribution in [0.4, 0.5) is 18.9 Å². The number of phenolic OH excluding ortho intramolecular Hbond substituents is 1. The number of carbonyl (C=O) groups excluding carboxylic acids is 1. The third-order valence-electron chi connectivity index (χ3n) is 3.91. The molecule has 5 nitrogen and oxygen atoms in total.